The highest BCUT2D eigenvalue weighted by molar-refractivity contribution is 5.31. The highest BCUT2D eigenvalue weighted by Gasteiger charge is 2.20. The molecule has 0 aromatic carbocycles. The molecular weight excluding hydrogens is 144 g/mol. The summed E-state index contributed by atoms with van der Waals surface area (Å²) in [6.45, 7) is 8.87. The molecule has 0 fully saturated rings. The first-order valence-electron chi connectivity index (χ1n) is 4.54. The minimum Gasteiger partial charge on any atom is -0.0804 e. The van der Waals surface area contributed by atoms with Gasteiger partial charge in [0.25, 0.3) is 0 Å². The van der Waals surface area contributed by atoms with Crippen molar-refractivity contribution in [3.05, 3.63) is 35.5 Å². The Morgan fingerprint density at radius 2 is 2.08 bits per heavy atom. The molecule has 0 saturated carbocycles. The summed E-state index contributed by atoms with van der Waals surface area (Å²) in [5.41, 5.74) is 3.15. The van der Waals surface area contributed by atoms with Gasteiger partial charge in [-0.25, -0.2) is 0 Å². The summed E-state index contributed by atoms with van der Waals surface area (Å²) in [6.07, 6.45) is 10.1. The second kappa shape index (κ2) is 3.30. The third kappa shape index (κ3) is 2.10. The summed E-state index contributed by atoms with van der Waals surface area (Å²) in [5.74, 6) is 0. The Hall–Kier alpha value is -0.780. The van der Waals surface area contributed by atoms with Crippen molar-refractivity contribution in [2.75, 3.05) is 0 Å². The van der Waals surface area contributed by atoms with Gasteiger partial charge in [0.1, 0.15) is 0 Å². The second-order valence-electron chi connectivity index (χ2n) is 4.27. The molecule has 0 atom stereocenters. The normalized spacial score (nSPS) is 16.2. The lowest BCUT2D eigenvalue weighted by molar-refractivity contribution is 0.566. The summed E-state index contributed by atoms with van der Waals surface area (Å²) in [4.78, 5) is 0. The van der Waals surface area contributed by atoms with Gasteiger partial charge in [0.05, 0.1) is 0 Å². The SMILES string of the molecule is CC(C)=CC(C)(C)C1=CC=CC1. The Morgan fingerprint density at radius 3 is 2.50 bits per heavy atom. The Kier molecular flexibility index (Phi) is 2.56. The van der Waals surface area contributed by atoms with Crippen LogP contribution in [0, 0.1) is 5.41 Å². The Bertz CT molecular complexity index is 245. The zero-order chi connectivity index (χ0) is 9.19. The van der Waals surface area contributed by atoms with Crippen LogP contribution in [-0.4, -0.2) is 0 Å². The predicted octanol–water partition coefficient (Wildman–Crippen LogP) is 3.87. The van der Waals surface area contributed by atoms with Crippen molar-refractivity contribution in [2.24, 2.45) is 5.41 Å². The minimum absolute atomic E-state index is 0.238. The molecule has 0 spiro atoms. The standard InChI is InChI=1S/C12H18/c1-10(2)9-12(3,4)11-7-5-6-8-11/h5-7,9H,8H2,1-4H3. The van der Waals surface area contributed by atoms with Crippen LogP contribution in [0.2, 0.25) is 0 Å². The molecule has 0 unspecified atom stereocenters. The van der Waals surface area contributed by atoms with Crippen LogP contribution in [0.1, 0.15) is 34.1 Å². The second-order valence-corrected chi connectivity index (χ2v) is 4.27. The van der Waals surface area contributed by atoms with Crippen molar-refractivity contribution < 1.29 is 0 Å². The van der Waals surface area contributed by atoms with Gasteiger partial charge in [-0.3, -0.25) is 0 Å². The molecular formula is C12H18. The van der Waals surface area contributed by atoms with E-state index in [1.807, 2.05) is 0 Å². The molecule has 0 saturated heterocycles. The smallest absolute Gasteiger partial charge is 0.00429 e. The number of allylic oxidation sites excluding steroid dienone is 6. The summed E-state index contributed by atoms with van der Waals surface area (Å²) in [7, 11) is 0. The maximum atomic E-state index is 2.34. The molecule has 0 aliphatic heterocycles. The zero-order valence-electron chi connectivity index (χ0n) is 8.52. The van der Waals surface area contributed by atoms with Crippen molar-refractivity contribution in [3.8, 4) is 0 Å². The highest BCUT2D eigenvalue weighted by Crippen LogP contribution is 2.33. The molecule has 0 amide bonds. The van der Waals surface area contributed by atoms with E-state index in [1.54, 1.807) is 0 Å². The van der Waals surface area contributed by atoms with Crippen molar-refractivity contribution >= 4 is 0 Å². The molecule has 1 rings (SSSR count). The van der Waals surface area contributed by atoms with Gasteiger partial charge in [-0.1, -0.05) is 49.3 Å². The average molecular weight is 162 g/mol. The minimum atomic E-state index is 0.238. The molecule has 66 valence electrons. The monoisotopic (exact) mass is 162 g/mol. The van der Waals surface area contributed by atoms with Gasteiger partial charge in [-0.2, -0.15) is 0 Å². The molecule has 0 aromatic rings. The van der Waals surface area contributed by atoms with Crippen LogP contribution in [0.25, 0.3) is 0 Å². The molecule has 0 heteroatoms. The average Bonchev–Trinajstić information content (AvgIpc) is 2.32. The lowest BCUT2D eigenvalue weighted by atomic mass is 9.82. The lowest BCUT2D eigenvalue weighted by Gasteiger charge is -2.23. The number of rotatable bonds is 2. The first kappa shape index (κ1) is 9.31. The van der Waals surface area contributed by atoms with Gasteiger partial charge in [0, 0.05) is 5.41 Å². The Morgan fingerprint density at radius 1 is 1.42 bits per heavy atom. The maximum absolute atomic E-state index is 2.34. The third-order valence-corrected chi connectivity index (χ3v) is 2.25. The van der Waals surface area contributed by atoms with Crippen molar-refractivity contribution in [1.29, 1.82) is 0 Å². The molecule has 1 aliphatic carbocycles. The maximum Gasteiger partial charge on any atom is 0.00429 e. The quantitative estimate of drug-likeness (QED) is 0.541. The van der Waals surface area contributed by atoms with Gasteiger partial charge in [-0.15, -0.1) is 0 Å². The first-order chi connectivity index (χ1) is 5.52. The molecule has 12 heavy (non-hydrogen) atoms. The fraction of sp³-hybridized carbons (Fsp3) is 0.500. The predicted molar refractivity (Wildman–Crippen MR) is 55.1 cm³/mol. The van der Waals surface area contributed by atoms with Gasteiger partial charge in [0.2, 0.25) is 0 Å². The van der Waals surface area contributed by atoms with Crippen molar-refractivity contribution in [1.82, 2.24) is 0 Å². The summed E-state index contributed by atoms with van der Waals surface area (Å²) < 4.78 is 0. The van der Waals surface area contributed by atoms with E-state index in [0.717, 1.165) is 6.42 Å². The molecule has 0 aromatic heterocycles. The van der Waals surface area contributed by atoms with Crippen LogP contribution >= 0.6 is 0 Å². The van der Waals surface area contributed by atoms with E-state index in [1.165, 1.54) is 11.1 Å². The summed E-state index contributed by atoms with van der Waals surface area (Å²) in [5, 5.41) is 0. The highest BCUT2D eigenvalue weighted by atomic mass is 14.2. The van der Waals surface area contributed by atoms with E-state index < -0.39 is 0 Å². The van der Waals surface area contributed by atoms with Crippen LogP contribution < -0.4 is 0 Å². The lowest BCUT2D eigenvalue weighted by Crippen LogP contribution is -2.10. The molecule has 0 bridgehead atoms. The summed E-state index contributed by atoms with van der Waals surface area (Å²) in [6, 6.07) is 0. The van der Waals surface area contributed by atoms with Crippen LogP contribution in [0.3, 0.4) is 0 Å². The van der Waals surface area contributed by atoms with Gasteiger partial charge < -0.3 is 0 Å². The zero-order valence-corrected chi connectivity index (χ0v) is 8.52. The van der Waals surface area contributed by atoms with Gasteiger partial charge in [0.15, 0.2) is 0 Å². The first-order valence-corrected chi connectivity index (χ1v) is 4.54. The third-order valence-electron chi connectivity index (χ3n) is 2.25. The Balaban J connectivity index is 2.79. The fourth-order valence-electron chi connectivity index (χ4n) is 1.74. The molecule has 0 radical (unpaired) electrons. The van der Waals surface area contributed by atoms with Crippen LogP contribution in [0.4, 0.5) is 0 Å². The van der Waals surface area contributed by atoms with Gasteiger partial charge in [-0.05, 0) is 20.3 Å². The van der Waals surface area contributed by atoms with Gasteiger partial charge >= 0.3 is 0 Å². The molecule has 0 heterocycles. The van der Waals surface area contributed by atoms with Crippen molar-refractivity contribution in [3.63, 3.8) is 0 Å². The van der Waals surface area contributed by atoms with E-state index in [4.69, 9.17) is 0 Å². The largest absolute Gasteiger partial charge is 0.0804 e. The van der Waals surface area contributed by atoms with E-state index in [0.29, 0.717) is 0 Å². The van der Waals surface area contributed by atoms with Crippen LogP contribution in [0.5, 0.6) is 0 Å². The van der Waals surface area contributed by atoms with E-state index in [2.05, 4.69) is 52.0 Å². The fourth-order valence-corrected chi connectivity index (χ4v) is 1.74. The van der Waals surface area contributed by atoms with E-state index in [9.17, 15) is 0 Å². The Labute approximate surface area is 75.7 Å². The van der Waals surface area contributed by atoms with Crippen LogP contribution in [-0.2, 0) is 0 Å². The topological polar surface area (TPSA) is 0 Å². The number of hydrogen-bond acceptors (Lipinski definition) is 0. The molecule has 1 aliphatic rings. The molecule has 0 nitrogen and oxygen atoms in total. The van der Waals surface area contributed by atoms with Crippen LogP contribution in [0.15, 0.2) is 35.5 Å². The van der Waals surface area contributed by atoms with E-state index >= 15 is 0 Å². The van der Waals surface area contributed by atoms with Crippen molar-refractivity contribution in [2.45, 2.75) is 34.1 Å². The summed E-state index contributed by atoms with van der Waals surface area (Å²) >= 11 is 0. The molecule has 0 N–H and O–H groups in total. The number of hydrogen-bond donors (Lipinski definition) is 0. The van der Waals surface area contributed by atoms with E-state index in [-0.39, 0.29) is 5.41 Å².